The number of hydrogen-bond acceptors (Lipinski definition) is 4. The van der Waals surface area contributed by atoms with Crippen molar-refractivity contribution in [2.24, 2.45) is 0 Å². The number of aliphatic hydroxyl groups excluding tert-OH is 1. The Morgan fingerprint density at radius 3 is 2.94 bits per heavy atom. The fourth-order valence-electron chi connectivity index (χ4n) is 2.12. The Labute approximate surface area is 102 Å². The van der Waals surface area contributed by atoms with Crippen molar-refractivity contribution in [2.75, 3.05) is 25.1 Å². The molecule has 0 spiro atoms. The molecule has 1 fully saturated rings. The van der Waals surface area contributed by atoms with E-state index in [1.54, 1.807) is 4.68 Å². The molecule has 0 atom stereocenters. The third-order valence-corrected chi connectivity index (χ3v) is 3.08. The van der Waals surface area contributed by atoms with Gasteiger partial charge in [-0.2, -0.15) is 5.10 Å². The van der Waals surface area contributed by atoms with Gasteiger partial charge in [0.15, 0.2) is 0 Å². The molecule has 1 aliphatic rings. The molecule has 0 radical (unpaired) electrons. The number of nitrogens with zero attached hydrogens (tertiary/aromatic N) is 2. The molecule has 2 heterocycles. The number of nitrogens with one attached hydrogen (secondary N) is 1. The van der Waals surface area contributed by atoms with Crippen LogP contribution in [0.25, 0.3) is 0 Å². The average molecular weight is 239 g/mol. The second-order valence-electron chi connectivity index (χ2n) is 4.36. The van der Waals surface area contributed by atoms with Crippen LogP contribution < -0.4 is 5.32 Å². The Morgan fingerprint density at radius 1 is 1.53 bits per heavy atom. The quantitative estimate of drug-likeness (QED) is 0.805. The van der Waals surface area contributed by atoms with Gasteiger partial charge in [0.1, 0.15) is 0 Å². The van der Waals surface area contributed by atoms with Crippen molar-refractivity contribution in [3.63, 3.8) is 0 Å². The molecule has 0 bridgehead atoms. The zero-order valence-electron chi connectivity index (χ0n) is 10.4. The van der Waals surface area contributed by atoms with Crippen LogP contribution in [-0.4, -0.2) is 40.7 Å². The van der Waals surface area contributed by atoms with Gasteiger partial charge in [-0.3, -0.25) is 4.68 Å². The van der Waals surface area contributed by atoms with Crippen LogP contribution >= 0.6 is 0 Å². The predicted octanol–water partition coefficient (Wildman–Crippen LogP) is 1.03. The van der Waals surface area contributed by atoms with Crippen molar-refractivity contribution < 1.29 is 9.84 Å². The van der Waals surface area contributed by atoms with Gasteiger partial charge in [-0.05, 0) is 19.3 Å². The Kier molecular flexibility index (Phi) is 4.39. The summed E-state index contributed by atoms with van der Waals surface area (Å²) in [6.07, 6.45) is 5.00. The Bertz CT molecular complexity index is 346. The fraction of sp³-hybridized carbons (Fsp3) is 0.750. The summed E-state index contributed by atoms with van der Waals surface area (Å²) in [4.78, 5) is 0. The van der Waals surface area contributed by atoms with E-state index in [2.05, 4.69) is 17.3 Å². The van der Waals surface area contributed by atoms with Gasteiger partial charge in [0, 0.05) is 25.5 Å². The second kappa shape index (κ2) is 6.02. The topological polar surface area (TPSA) is 59.3 Å². The number of aromatic nitrogens is 2. The van der Waals surface area contributed by atoms with Crippen LogP contribution in [0.3, 0.4) is 0 Å². The molecule has 1 aromatic rings. The van der Waals surface area contributed by atoms with Gasteiger partial charge in [-0.15, -0.1) is 0 Å². The Balaban J connectivity index is 2.02. The molecule has 0 aromatic carbocycles. The van der Waals surface area contributed by atoms with Crippen LogP contribution in [0.15, 0.2) is 6.20 Å². The highest BCUT2D eigenvalue weighted by molar-refractivity contribution is 5.47. The van der Waals surface area contributed by atoms with Crippen molar-refractivity contribution in [1.29, 1.82) is 0 Å². The molecule has 0 amide bonds. The van der Waals surface area contributed by atoms with Crippen molar-refractivity contribution in [2.45, 2.75) is 38.8 Å². The normalized spacial score (nSPS) is 17.3. The van der Waals surface area contributed by atoms with E-state index in [1.807, 2.05) is 6.20 Å². The molecule has 17 heavy (non-hydrogen) atoms. The van der Waals surface area contributed by atoms with Crippen molar-refractivity contribution >= 4 is 5.69 Å². The SMILES string of the molecule is CCc1nn(CCO)cc1NC1CCOCC1. The zero-order valence-corrected chi connectivity index (χ0v) is 10.4. The Hall–Kier alpha value is -1.07. The summed E-state index contributed by atoms with van der Waals surface area (Å²) in [7, 11) is 0. The molecule has 1 aliphatic heterocycles. The van der Waals surface area contributed by atoms with Crippen molar-refractivity contribution in [1.82, 2.24) is 9.78 Å². The van der Waals surface area contributed by atoms with Crippen LogP contribution in [0.1, 0.15) is 25.5 Å². The van der Waals surface area contributed by atoms with Gasteiger partial charge in [-0.1, -0.05) is 6.92 Å². The summed E-state index contributed by atoms with van der Waals surface area (Å²) in [6.45, 7) is 4.46. The Morgan fingerprint density at radius 2 is 2.29 bits per heavy atom. The maximum atomic E-state index is 8.92. The molecule has 1 saturated heterocycles. The first-order valence-electron chi connectivity index (χ1n) is 6.35. The van der Waals surface area contributed by atoms with E-state index in [4.69, 9.17) is 9.84 Å². The number of hydrogen-bond donors (Lipinski definition) is 2. The van der Waals surface area contributed by atoms with E-state index in [-0.39, 0.29) is 6.61 Å². The first-order chi connectivity index (χ1) is 8.33. The lowest BCUT2D eigenvalue weighted by atomic mass is 10.1. The monoisotopic (exact) mass is 239 g/mol. The largest absolute Gasteiger partial charge is 0.394 e. The van der Waals surface area contributed by atoms with Gasteiger partial charge in [-0.25, -0.2) is 0 Å². The van der Waals surface area contributed by atoms with E-state index in [0.29, 0.717) is 12.6 Å². The van der Waals surface area contributed by atoms with Crippen LogP contribution in [0, 0.1) is 0 Å². The highest BCUT2D eigenvalue weighted by Crippen LogP contribution is 2.19. The molecule has 2 N–H and O–H groups in total. The first kappa shape index (κ1) is 12.4. The van der Waals surface area contributed by atoms with Crippen LogP contribution in [-0.2, 0) is 17.7 Å². The summed E-state index contributed by atoms with van der Waals surface area (Å²) < 4.78 is 7.15. The van der Waals surface area contributed by atoms with Crippen molar-refractivity contribution in [3.05, 3.63) is 11.9 Å². The van der Waals surface area contributed by atoms with Gasteiger partial charge in [0.2, 0.25) is 0 Å². The zero-order chi connectivity index (χ0) is 12.1. The van der Waals surface area contributed by atoms with Gasteiger partial charge >= 0.3 is 0 Å². The maximum absolute atomic E-state index is 8.92. The molecule has 96 valence electrons. The lowest BCUT2D eigenvalue weighted by Gasteiger charge is -2.23. The lowest BCUT2D eigenvalue weighted by molar-refractivity contribution is 0.0904. The van der Waals surface area contributed by atoms with Crippen LogP contribution in [0.2, 0.25) is 0 Å². The molecule has 0 saturated carbocycles. The van der Waals surface area contributed by atoms with Crippen LogP contribution in [0.4, 0.5) is 5.69 Å². The average Bonchev–Trinajstić information content (AvgIpc) is 2.73. The summed E-state index contributed by atoms with van der Waals surface area (Å²) >= 11 is 0. The predicted molar refractivity (Wildman–Crippen MR) is 66.2 cm³/mol. The molecule has 0 unspecified atom stereocenters. The third-order valence-electron chi connectivity index (χ3n) is 3.08. The molecular formula is C12H21N3O2. The molecule has 1 aromatic heterocycles. The minimum atomic E-state index is 0.127. The number of rotatable bonds is 5. The molecule has 2 rings (SSSR count). The number of anilines is 1. The van der Waals surface area contributed by atoms with Gasteiger partial charge in [0.25, 0.3) is 0 Å². The molecular weight excluding hydrogens is 218 g/mol. The fourth-order valence-corrected chi connectivity index (χ4v) is 2.12. The lowest BCUT2D eigenvalue weighted by Crippen LogP contribution is -2.28. The number of aliphatic hydroxyl groups is 1. The molecule has 5 heteroatoms. The highest BCUT2D eigenvalue weighted by atomic mass is 16.5. The first-order valence-corrected chi connectivity index (χ1v) is 6.35. The van der Waals surface area contributed by atoms with Gasteiger partial charge in [0.05, 0.1) is 24.5 Å². The summed E-state index contributed by atoms with van der Waals surface area (Å²) in [5.74, 6) is 0. The van der Waals surface area contributed by atoms with E-state index in [1.165, 1.54) is 0 Å². The minimum Gasteiger partial charge on any atom is -0.394 e. The van der Waals surface area contributed by atoms with E-state index >= 15 is 0 Å². The van der Waals surface area contributed by atoms with E-state index in [9.17, 15) is 0 Å². The summed E-state index contributed by atoms with van der Waals surface area (Å²) in [5, 5.41) is 16.9. The number of aryl methyl sites for hydroxylation is 1. The third kappa shape index (κ3) is 3.20. The highest BCUT2D eigenvalue weighted by Gasteiger charge is 2.16. The summed E-state index contributed by atoms with van der Waals surface area (Å²) in [5.41, 5.74) is 2.18. The summed E-state index contributed by atoms with van der Waals surface area (Å²) in [6, 6.07) is 0.487. The molecule has 5 nitrogen and oxygen atoms in total. The minimum absolute atomic E-state index is 0.127. The van der Waals surface area contributed by atoms with E-state index < -0.39 is 0 Å². The maximum Gasteiger partial charge on any atom is 0.0853 e. The standard InChI is InChI=1S/C12H21N3O2/c1-2-11-12(9-15(14-11)5-6-16)13-10-3-7-17-8-4-10/h9-10,13,16H,2-8H2,1H3. The van der Waals surface area contributed by atoms with Gasteiger partial charge < -0.3 is 15.2 Å². The molecule has 0 aliphatic carbocycles. The second-order valence-corrected chi connectivity index (χ2v) is 4.36. The van der Waals surface area contributed by atoms with E-state index in [0.717, 1.165) is 43.9 Å². The number of ether oxygens (including phenoxy) is 1. The smallest absolute Gasteiger partial charge is 0.0853 e. The van der Waals surface area contributed by atoms with Crippen LogP contribution in [0.5, 0.6) is 0 Å². The van der Waals surface area contributed by atoms with Crippen molar-refractivity contribution in [3.8, 4) is 0 Å².